The van der Waals surface area contributed by atoms with Gasteiger partial charge in [0.2, 0.25) is 0 Å². The Morgan fingerprint density at radius 1 is 1.36 bits per heavy atom. The number of H-pyrrole nitrogens is 1. The van der Waals surface area contributed by atoms with E-state index in [0.717, 1.165) is 54.5 Å². The summed E-state index contributed by atoms with van der Waals surface area (Å²) in [5.74, 6) is 2.94. The molecule has 2 atom stereocenters. The van der Waals surface area contributed by atoms with Crippen LogP contribution in [-0.4, -0.2) is 57.5 Å². The van der Waals surface area contributed by atoms with E-state index in [9.17, 15) is 5.11 Å². The van der Waals surface area contributed by atoms with Crippen molar-refractivity contribution in [3.63, 3.8) is 0 Å². The van der Waals surface area contributed by atoms with Gasteiger partial charge in [-0.15, -0.1) is 0 Å². The van der Waals surface area contributed by atoms with Crippen molar-refractivity contribution in [1.82, 2.24) is 20.1 Å². The molecule has 1 aromatic carbocycles. The second-order valence-electron chi connectivity index (χ2n) is 7.11. The number of aryl methyl sites for hydroxylation is 3. The van der Waals surface area contributed by atoms with Gasteiger partial charge in [-0.2, -0.15) is 5.10 Å². The molecule has 0 saturated carbocycles. The van der Waals surface area contributed by atoms with Crippen LogP contribution in [0, 0.1) is 20.8 Å². The molecule has 1 aromatic heterocycles. The highest BCUT2D eigenvalue weighted by molar-refractivity contribution is 5.35. The Labute approximate surface area is 149 Å². The normalized spacial score (nSPS) is 19.8. The molecule has 1 aliphatic heterocycles. The average molecular weight is 344 g/mol. The van der Waals surface area contributed by atoms with Gasteiger partial charge in [-0.1, -0.05) is 12.1 Å². The summed E-state index contributed by atoms with van der Waals surface area (Å²) < 4.78 is 5.83. The predicted octanol–water partition coefficient (Wildman–Crippen LogP) is 2.35. The molecule has 3 rings (SSSR count). The van der Waals surface area contributed by atoms with Crippen LogP contribution in [0.25, 0.3) is 0 Å². The number of piperidine rings is 1. The number of β-amino-alcohol motifs (C(OH)–C–C–N with tert-alkyl or cyclic N) is 1. The Morgan fingerprint density at radius 3 is 2.96 bits per heavy atom. The maximum absolute atomic E-state index is 10.4. The van der Waals surface area contributed by atoms with E-state index >= 15 is 0 Å². The first kappa shape index (κ1) is 17.9. The molecular weight excluding hydrogens is 316 g/mol. The summed E-state index contributed by atoms with van der Waals surface area (Å²) in [6.45, 7) is 8.80. The first-order chi connectivity index (χ1) is 12.0. The number of rotatable bonds is 6. The number of benzene rings is 1. The standard InChI is InChI=1S/C19H28N4O2/c1-13-6-7-14(2)18(9-13)25-12-17(24)11-23-8-4-5-16(10-23)19-20-15(3)21-22-19/h6-7,9,16-17,24H,4-5,8,10-12H2,1-3H3,(H,20,21,22). The number of nitrogens with zero attached hydrogens (tertiary/aromatic N) is 3. The molecule has 1 aliphatic rings. The summed E-state index contributed by atoms with van der Waals surface area (Å²) in [6, 6.07) is 6.13. The van der Waals surface area contributed by atoms with Crippen LogP contribution in [0.1, 0.15) is 41.5 Å². The van der Waals surface area contributed by atoms with Crippen molar-refractivity contribution < 1.29 is 9.84 Å². The Balaban J connectivity index is 1.50. The van der Waals surface area contributed by atoms with Crippen molar-refractivity contribution in [1.29, 1.82) is 0 Å². The monoisotopic (exact) mass is 344 g/mol. The zero-order chi connectivity index (χ0) is 17.8. The molecule has 1 fully saturated rings. The third-order valence-electron chi connectivity index (χ3n) is 4.73. The number of nitrogens with one attached hydrogen (secondary N) is 1. The molecule has 136 valence electrons. The van der Waals surface area contributed by atoms with Gasteiger partial charge in [0.05, 0.1) is 0 Å². The van der Waals surface area contributed by atoms with Crippen molar-refractivity contribution in [2.24, 2.45) is 0 Å². The smallest absolute Gasteiger partial charge is 0.155 e. The van der Waals surface area contributed by atoms with Crippen LogP contribution in [0.2, 0.25) is 0 Å². The maximum atomic E-state index is 10.4. The third kappa shape index (κ3) is 4.80. The van der Waals surface area contributed by atoms with Gasteiger partial charge in [-0.3, -0.25) is 10.00 Å². The van der Waals surface area contributed by atoms with Crippen LogP contribution in [0.4, 0.5) is 0 Å². The Morgan fingerprint density at radius 2 is 2.20 bits per heavy atom. The molecule has 0 amide bonds. The maximum Gasteiger partial charge on any atom is 0.155 e. The topological polar surface area (TPSA) is 74.3 Å². The SMILES string of the molecule is Cc1ccc(C)c(OCC(O)CN2CCCC(c3n[nH]c(C)n3)C2)c1. The fourth-order valence-corrected chi connectivity index (χ4v) is 3.37. The molecule has 2 N–H and O–H groups in total. The van der Waals surface area contributed by atoms with E-state index in [4.69, 9.17) is 4.74 Å². The first-order valence-corrected chi connectivity index (χ1v) is 9.00. The number of likely N-dealkylation sites (tertiary alicyclic amines) is 1. The van der Waals surface area contributed by atoms with Gasteiger partial charge in [-0.25, -0.2) is 4.98 Å². The molecule has 0 aliphatic carbocycles. The van der Waals surface area contributed by atoms with E-state index in [-0.39, 0.29) is 0 Å². The zero-order valence-electron chi connectivity index (χ0n) is 15.3. The molecule has 2 heterocycles. The van der Waals surface area contributed by atoms with Gasteiger partial charge < -0.3 is 9.84 Å². The molecule has 6 heteroatoms. The second-order valence-corrected chi connectivity index (χ2v) is 7.11. The minimum absolute atomic E-state index is 0.311. The minimum Gasteiger partial charge on any atom is -0.491 e. The number of hydrogen-bond donors (Lipinski definition) is 2. The molecule has 2 unspecified atom stereocenters. The summed E-state index contributed by atoms with van der Waals surface area (Å²) in [6.07, 6.45) is 1.69. The van der Waals surface area contributed by atoms with E-state index in [1.165, 1.54) is 0 Å². The minimum atomic E-state index is -0.507. The van der Waals surface area contributed by atoms with Crippen LogP contribution in [-0.2, 0) is 0 Å². The first-order valence-electron chi connectivity index (χ1n) is 9.00. The highest BCUT2D eigenvalue weighted by atomic mass is 16.5. The lowest BCUT2D eigenvalue weighted by atomic mass is 9.97. The van der Waals surface area contributed by atoms with Crippen LogP contribution in [0.5, 0.6) is 5.75 Å². The van der Waals surface area contributed by atoms with Crippen LogP contribution in [0.3, 0.4) is 0 Å². The molecule has 25 heavy (non-hydrogen) atoms. The van der Waals surface area contributed by atoms with Gasteiger partial charge in [0.1, 0.15) is 24.3 Å². The molecule has 0 spiro atoms. The summed E-state index contributed by atoms with van der Waals surface area (Å²) in [7, 11) is 0. The molecular formula is C19H28N4O2. The Bertz CT molecular complexity index is 700. The third-order valence-corrected chi connectivity index (χ3v) is 4.73. The number of ether oxygens (including phenoxy) is 1. The van der Waals surface area contributed by atoms with E-state index in [2.05, 4.69) is 26.1 Å². The number of aromatic amines is 1. The molecule has 0 bridgehead atoms. The van der Waals surface area contributed by atoms with E-state index < -0.39 is 6.10 Å². The highest BCUT2D eigenvalue weighted by Crippen LogP contribution is 2.24. The van der Waals surface area contributed by atoms with E-state index in [1.54, 1.807) is 0 Å². The van der Waals surface area contributed by atoms with Crippen LogP contribution in [0.15, 0.2) is 18.2 Å². The van der Waals surface area contributed by atoms with E-state index in [0.29, 0.717) is 19.1 Å². The van der Waals surface area contributed by atoms with Gasteiger partial charge >= 0.3 is 0 Å². The summed E-state index contributed by atoms with van der Waals surface area (Å²) in [5, 5.41) is 17.6. The Hall–Kier alpha value is -1.92. The van der Waals surface area contributed by atoms with Gasteiger partial charge in [0.15, 0.2) is 5.82 Å². The highest BCUT2D eigenvalue weighted by Gasteiger charge is 2.25. The molecule has 0 radical (unpaired) electrons. The van der Waals surface area contributed by atoms with Crippen molar-refractivity contribution in [3.05, 3.63) is 41.0 Å². The number of aliphatic hydroxyl groups excluding tert-OH is 1. The quantitative estimate of drug-likeness (QED) is 0.841. The lowest BCUT2D eigenvalue weighted by Crippen LogP contribution is -2.41. The van der Waals surface area contributed by atoms with Crippen molar-refractivity contribution in [3.8, 4) is 5.75 Å². The largest absolute Gasteiger partial charge is 0.491 e. The summed E-state index contributed by atoms with van der Waals surface area (Å²) in [5.41, 5.74) is 2.26. The summed E-state index contributed by atoms with van der Waals surface area (Å²) >= 11 is 0. The van der Waals surface area contributed by atoms with Gasteiger partial charge in [0.25, 0.3) is 0 Å². The van der Waals surface area contributed by atoms with Gasteiger partial charge in [-0.05, 0) is 57.4 Å². The average Bonchev–Trinajstić information content (AvgIpc) is 3.02. The number of aliphatic hydroxyl groups is 1. The molecule has 1 saturated heterocycles. The predicted molar refractivity (Wildman–Crippen MR) is 97.0 cm³/mol. The molecule has 2 aromatic rings. The Kier molecular flexibility index (Phi) is 5.71. The fourth-order valence-electron chi connectivity index (χ4n) is 3.37. The van der Waals surface area contributed by atoms with Crippen LogP contribution < -0.4 is 4.74 Å². The molecule has 6 nitrogen and oxygen atoms in total. The summed E-state index contributed by atoms with van der Waals surface area (Å²) in [4.78, 5) is 6.75. The zero-order valence-corrected chi connectivity index (χ0v) is 15.3. The van der Waals surface area contributed by atoms with Crippen molar-refractivity contribution >= 4 is 0 Å². The number of hydrogen-bond acceptors (Lipinski definition) is 5. The fraction of sp³-hybridized carbons (Fsp3) is 0.579. The van der Waals surface area contributed by atoms with Crippen molar-refractivity contribution in [2.45, 2.75) is 45.6 Å². The second kappa shape index (κ2) is 7.97. The lowest BCUT2D eigenvalue weighted by Gasteiger charge is -2.32. The van der Waals surface area contributed by atoms with Crippen molar-refractivity contribution in [2.75, 3.05) is 26.2 Å². The lowest BCUT2D eigenvalue weighted by molar-refractivity contribution is 0.0576. The van der Waals surface area contributed by atoms with E-state index in [1.807, 2.05) is 32.9 Å². The van der Waals surface area contributed by atoms with Crippen LogP contribution >= 0.6 is 0 Å². The number of aromatic nitrogens is 3. The van der Waals surface area contributed by atoms with Gasteiger partial charge in [0, 0.05) is 19.0 Å².